The largest absolute Gasteiger partial charge is 0.472 e. The molecule has 0 aliphatic heterocycles. The molecule has 1 N–H and O–H groups in total. The summed E-state index contributed by atoms with van der Waals surface area (Å²) in [7, 11) is 0. The van der Waals surface area contributed by atoms with Crippen molar-refractivity contribution in [2.45, 2.75) is 37.1 Å². The molecule has 1 aromatic rings. The maximum Gasteiger partial charge on any atom is 0.0947 e. The SMILES string of the molecule is CSC1CCC(NCc2ccoc2)C1. The smallest absolute Gasteiger partial charge is 0.0947 e. The molecule has 2 rings (SSSR count). The maximum absolute atomic E-state index is 5.03. The van der Waals surface area contributed by atoms with Gasteiger partial charge in [-0.3, -0.25) is 0 Å². The first-order valence-corrected chi connectivity index (χ1v) is 6.44. The van der Waals surface area contributed by atoms with Crippen LogP contribution in [0.5, 0.6) is 0 Å². The van der Waals surface area contributed by atoms with Gasteiger partial charge in [-0.1, -0.05) is 0 Å². The van der Waals surface area contributed by atoms with Gasteiger partial charge in [0, 0.05) is 23.4 Å². The summed E-state index contributed by atoms with van der Waals surface area (Å²) in [6, 6.07) is 2.73. The Morgan fingerprint density at radius 1 is 1.57 bits per heavy atom. The number of rotatable bonds is 4. The molecule has 0 spiro atoms. The van der Waals surface area contributed by atoms with Crippen molar-refractivity contribution in [1.82, 2.24) is 5.32 Å². The van der Waals surface area contributed by atoms with E-state index in [2.05, 4.69) is 11.6 Å². The van der Waals surface area contributed by atoms with Crippen LogP contribution in [-0.2, 0) is 6.54 Å². The molecule has 0 radical (unpaired) electrons. The van der Waals surface area contributed by atoms with Gasteiger partial charge in [-0.25, -0.2) is 0 Å². The standard InChI is InChI=1S/C11H17NOS/c1-14-11-3-2-10(6-11)12-7-9-4-5-13-8-9/h4-5,8,10-12H,2-3,6-7H2,1H3. The first-order chi connectivity index (χ1) is 6.88. The topological polar surface area (TPSA) is 25.2 Å². The van der Waals surface area contributed by atoms with Gasteiger partial charge < -0.3 is 9.73 Å². The Bertz CT molecular complexity index is 260. The maximum atomic E-state index is 5.03. The first kappa shape index (κ1) is 10.1. The summed E-state index contributed by atoms with van der Waals surface area (Å²) in [6.07, 6.45) is 9.76. The molecule has 1 fully saturated rings. The van der Waals surface area contributed by atoms with Crippen molar-refractivity contribution in [2.75, 3.05) is 6.26 Å². The minimum Gasteiger partial charge on any atom is -0.472 e. The highest BCUT2D eigenvalue weighted by Gasteiger charge is 2.23. The highest BCUT2D eigenvalue weighted by Crippen LogP contribution is 2.28. The fourth-order valence-electron chi connectivity index (χ4n) is 2.00. The van der Waals surface area contributed by atoms with E-state index in [4.69, 9.17) is 4.42 Å². The van der Waals surface area contributed by atoms with E-state index in [9.17, 15) is 0 Å². The molecule has 0 saturated heterocycles. The van der Waals surface area contributed by atoms with E-state index >= 15 is 0 Å². The third kappa shape index (κ3) is 2.55. The fraction of sp³-hybridized carbons (Fsp3) is 0.636. The molecule has 0 aromatic carbocycles. The van der Waals surface area contributed by atoms with Crippen LogP contribution in [0.15, 0.2) is 23.0 Å². The minimum absolute atomic E-state index is 0.711. The molecule has 78 valence electrons. The predicted molar refractivity (Wildman–Crippen MR) is 60.5 cm³/mol. The molecule has 1 heterocycles. The summed E-state index contributed by atoms with van der Waals surface area (Å²) in [5.41, 5.74) is 1.25. The summed E-state index contributed by atoms with van der Waals surface area (Å²) in [4.78, 5) is 0. The van der Waals surface area contributed by atoms with E-state index in [1.807, 2.05) is 24.1 Å². The van der Waals surface area contributed by atoms with Crippen LogP contribution in [-0.4, -0.2) is 17.5 Å². The first-order valence-electron chi connectivity index (χ1n) is 5.15. The van der Waals surface area contributed by atoms with Gasteiger partial charge in [-0.15, -0.1) is 0 Å². The summed E-state index contributed by atoms with van der Waals surface area (Å²) < 4.78 is 5.03. The summed E-state index contributed by atoms with van der Waals surface area (Å²) in [5, 5.41) is 4.45. The Labute approximate surface area is 89.4 Å². The second-order valence-electron chi connectivity index (χ2n) is 3.88. The molecule has 2 unspecified atom stereocenters. The molecule has 0 bridgehead atoms. The zero-order valence-electron chi connectivity index (χ0n) is 8.53. The van der Waals surface area contributed by atoms with E-state index in [1.165, 1.54) is 24.8 Å². The molecule has 2 atom stereocenters. The van der Waals surface area contributed by atoms with Crippen LogP contribution in [0.1, 0.15) is 24.8 Å². The van der Waals surface area contributed by atoms with Crippen LogP contribution < -0.4 is 5.32 Å². The van der Waals surface area contributed by atoms with Gasteiger partial charge in [0.05, 0.1) is 12.5 Å². The van der Waals surface area contributed by atoms with Gasteiger partial charge in [0.25, 0.3) is 0 Å². The Kier molecular flexibility index (Phi) is 3.54. The van der Waals surface area contributed by atoms with Crippen molar-refractivity contribution in [3.63, 3.8) is 0 Å². The van der Waals surface area contributed by atoms with Crippen molar-refractivity contribution < 1.29 is 4.42 Å². The zero-order chi connectivity index (χ0) is 9.80. The average Bonchev–Trinajstić information content (AvgIpc) is 2.86. The highest BCUT2D eigenvalue weighted by molar-refractivity contribution is 7.99. The molecular formula is C11H17NOS. The van der Waals surface area contributed by atoms with Gasteiger partial charge in [-0.2, -0.15) is 11.8 Å². The molecule has 14 heavy (non-hydrogen) atoms. The van der Waals surface area contributed by atoms with Crippen molar-refractivity contribution >= 4 is 11.8 Å². The number of thioether (sulfide) groups is 1. The Balaban J connectivity index is 1.72. The Morgan fingerprint density at radius 2 is 2.50 bits per heavy atom. The van der Waals surface area contributed by atoms with Crippen molar-refractivity contribution in [3.8, 4) is 0 Å². The molecule has 0 amide bonds. The lowest BCUT2D eigenvalue weighted by molar-refractivity contribution is 0.517. The van der Waals surface area contributed by atoms with E-state index < -0.39 is 0 Å². The van der Waals surface area contributed by atoms with Gasteiger partial charge in [0.15, 0.2) is 0 Å². The van der Waals surface area contributed by atoms with Gasteiger partial charge in [0.1, 0.15) is 0 Å². The van der Waals surface area contributed by atoms with Crippen LogP contribution in [0.3, 0.4) is 0 Å². The number of hydrogen-bond acceptors (Lipinski definition) is 3. The number of furan rings is 1. The van der Waals surface area contributed by atoms with Crippen LogP contribution in [0.2, 0.25) is 0 Å². The summed E-state index contributed by atoms with van der Waals surface area (Å²) in [5.74, 6) is 0. The van der Waals surface area contributed by atoms with E-state index in [0.717, 1.165) is 11.8 Å². The molecule has 1 saturated carbocycles. The van der Waals surface area contributed by atoms with E-state index in [1.54, 1.807) is 6.26 Å². The summed E-state index contributed by atoms with van der Waals surface area (Å²) >= 11 is 2.00. The molecule has 2 nitrogen and oxygen atoms in total. The van der Waals surface area contributed by atoms with Gasteiger partial charge >= 0.3 is 0 Å². The molecular weight excluding hydrogens is 194 g/mol. The van der Waals surface area contributed by atoms with Crippen LogP contribution in [0.25, 0.3) is 0 Å². The second kappa shape index (κ2) is 4.89. The molecule has 1 aromatic heterocycles. The third-order valence-corrected chi connectivity index (χ3v) is 3.99. The van der Waals surface area contributed by atoms with Crippen LogP contribution >= 0.6 is 11.8 Å². The summed E-state index contributed by atoms with van der Waals surface area (Å²) in [6.45, 7) is 0.947. The lowest BCUT2D eigenvalue weighted by Crippen LogP contribution is -2.25. The van der Waals surface area contributed by atoms with E-state index in [-0.39, 0.29) is 0 Å². The highest BCUT2D eigenvalue weighted by atomic mass is 32.2. The monoisotopic (exact) mass is 211 g/mol. The third-order valence-electron chi connectivity index (χ3n) is 2.89. The Hall–Kier alpha value is -0.410. The van der Waals surface area contributed by atoms with Gasteiger partial charge in [0.2, 0.25) is 0 Å². The zero-order valence-corrected chi connectivity index (χ0v) is 9.35. The lowest BCUT2D eigenvalue weighted by atomic mass is 10.2. The van der Waals surface area contributed by atoms with Gasteiger partial charge in [-0.05, 0) is 31.6 Å². The van der Waals surface area contributed by atoms with E-state index in [0.29, 0.717) is 6.04 Å². The Morgan fingerprint density at radius 3 is 3.14 bits per heavy atom. The van der Waals surface area contributed by atoms with Crippen molar-refractivity contribution in [3.05, 3.63) is 24.2 Å². The normalized spacial score (nSPS) is 26.9. The quantitative estimate of drug-likeness (QED) is 0.829. The predicted octanol–water partition coefficient (Wildman–Crippen LogP) is 2.65. The second-order valence-corrected chi connectivity index (χ2v) is 5.02. The van der Waals surface area contributed by atoms with Crippen molar-refractivity contribution in [1.29, 1.82) is 0 Å². The molecule has 3 heteroatoms. The fourth-order valence-corrected chi connectivity index (χ4v) is 2.79. The van der Waals surface area contributed by atoms with Crippen molar-refractivity contribution in [2.24, 2.45) is 0 Å². The molecule has 1 aliphatic carbocycles. The minimum atomic E-state index is 0.711. The van der Waals surface area contributed by atoms with Crippen LogP contribution in [0.4, 0.5) is 0 Å². The lowest BCUT2D eigenvalue weighted by Gasteiger charge is -2.11. The number of nitrogens with one attached hydrogen (secondary N) is 1. The average molecular weight is 211 g/mol. The van der Waals surface area contributed by atoms with Crippen LogP contribution in [0, 0.1) is 0 Å². The molecule has 1 aliphatic rings. The number of hydrogen-bond donors (Lipinski definition) is 1.